The van der Waals surface area contributed by atoms with Crippen LogP contribution in [0.2, 0.25) is 0 Å². The molecule has 6 rings (SSSR count). The molecular weight excluding hydrogens is 650 g/mol. The molecule has 0 bridgehead atoms. The quantitative estimate of drug-likeness (QED) is 0.130. The predicted octanol–water partition coefficient (Wildman–Crippen LogP) is 4.15. The molecule has 2 aliphatic heterocycles. The summed E-state index contributed by atoms with van der Waals surface area (Å²) in [5.74, 6) is -2.72. The second-order valence-electron chi connectivity index (χ2n) is 10.1. The number of nitrogens with zero attached hydrogens (tertiary/aromatic N) is 3. The van der Waals surface area contributed by atoms with Gasteiger partial charge in [0.2, 0.25) is 0 Å². The maximum Gasteiger partial charge on any atom is 0.352 e. The molecule has 1 saturated carbocycles. The number of rotatable bonds is 9. The van der Waals surface area contributed by atoms with E-state index in [0.717, 1.165) is 41.9 Å². The zero-order chi connectivity index (χ0) is 31.0. The number of hydrogen-bond donors (Lipinski definition) is 3. The Balaban J connectivity index is 1.17. The first-order valence-corrected chi connectivity index (χ1v) is 17.1. The fourth-order valence-electron chi connectivity index (χ4n) is 5.05. The zero-order valence-corrected chi connectivity index (χ0v) is 26.0. The van der Waals surface area contributed by atoms with Crippen molar-refractivity contribution in [1.82, 2.24) is 15.2 Å². The van der Waals surface area contributed by atoms with Gasteiger partial charge in [-0.05, 0) is 60.9 Å². The molecule has 3 aromatic rings. The van der Waals surface area contributed by atoms with Crippen molar-refractivity contribution in [2.45, 2.75) is 47.4 Å². The summed E-state index contributed by atoms with van der Waals surface area (Å²) < 4.78 is 14.8. The molecule has 1 saturated heterocycles. The molecule has 228 valence electrons. The first kappa shape index (κ1) is 30.3. The van der Waals surface area contributed by atoms with Crippen LogP contribution < -0.4 is 16.5 Å². The van der Waals surface area contributed by atoms with E-state index < -0.39 is 35.0 Å². The van der Waals surface area contributed by atoms with Gasteiger partial charge < -0.3 is 21.0 Å². The van der Waals surface area contributed by atoms with Gasteiger partial charge in [0.25, 0.3) is 11.8 Å². The van der Waals surface area contributed by atoms with Crippen LogP contribution >= 0.6 is 46.2 Å². The van der Waals surface area contributed by atoms with Crippen molar-refractivity contribution in [3.63, 3.8) is 0 Å². The van der Waals surface area contributed by atoms with Crippen LogP contribution in [-0.2, 0) is 19.2 Å². The maximum atomic E-state index is 13.7. The minimum Gasteiger partial charge on any atom is -0.477 e. The third kappa shape index (κ3) is 6.11. The van der Waals surface area contributed by atoms with Gasteiger partial charge in [-0.1, -0.05) is 16.9 Å². The number of halogens is 1. The number of carbonyl (C=O) groups is 3. The maximum absolute atomic E-state index is 13.7. The number of aromatic nitrogens is 1. The third-order valence-corrected chi connectivity index (χ3v) is 11.2. The van der Waals surface area contributed by atoms with Crippen LogP contribution in [-0.4, -0.2) is 61.8 Å². The number of anilines is 1. The van der Waals surface area contributed by atoms with Crippen molar-refractivity contribution < 1.29 is 28.7 Å². The van der Waals surface area contributed by atoms with Gasteiger partial charge in [0.1, 0.15) is 34.7 Å². The Kier molecular flexibility index (Phi) is 8.75. The predicted molar refractivity (Wildman–Crippen MR) is 169 cm³/mol. The number of fused-ring (bicyclic) bond motifs is 2. The summed E-state index contributed by atoms with van der Waals surface area (Å²) in [6.07, 6.45) is 5.16. The van der Waals surface area contributed by atoms with E-state index in [9.17, 15) is 28.7 Å². The van der Waals surface area contributed by atoms with Gasteiger partial charge in [0.05, 0.1) is 4.21 Å². The number of benzene rings is 1. The fourth-order valence-corrected chi connectivity index (χ4v) is 8.92. The summed E-state index contributed by atoms with van der Waals surface area (Å²) in [6, 6.07) is 4.44. The Hall–Kier alpha value is -3.73. The molecule has 2 amide bonds. The lowest BCUT2D eigenvalue weighted by Gasteiger charge is -2.49. The number of thiazole rings is 1. The van der Waals surface area contributed by atoms with Gasteiger partial charge in [-0.2, -0.15) is 0 Å². The molecule has 0 spiro atoms. The normalized spacial score (nSPS) is 20.7. The zero-order valence-electron chi connectivity index (χ0n) is 22.7. The number of amides is 2. The molecule has 2 aromatic heterocycles. The summed E-state index contributed by atoms with van der Waals surface area (Å²) in [6.45, 7) is 0. The number of carboxylic acids is 1. The molecule has 4 N–H and O–H groups in total. The molecule has 4 heterocycles. The third-order valence-electron chi connectivity index (χ3n) is 7.18. The van der Waals surface area contributed by atoms with Crippen molar-refractivity contribution >= 4 is 84.9 Å². The van der Waals surface area contributed by atoms with Gasteiger partial charge in [-0.25, -0.2) is 14.2 Å². The van der Waals surface area contributed by atoms with Crippen LogP contribution in [0.15, 0.2) is 66.6 Å². The van der Waals surface area contributed by atoms with Gasteiger partial charge >= 0.3 is 5.97 Å². The minimum atomic E-state index is -1.28. The summed E-state index contributed by atoms with van der Waals surface area (Å²) in [4.78, 5) is 62.1. The fraction of sp³-hybridized carbons (Fsp3) is 0.286. The smallest absolute Gasteiger partial charge is 0.352 e. The van der Waals surface area contributed by atoms with E-state index in [1.807, 2.05) is 0 Å². The van der Waals surface area contributed by atoms with Gasteiger partial charge in [0.15, 0.2) is 16.3 Å². The molecule has 1 aromatic carbocycles. The number of hydrogen-bond acceptors (Lipinski definition) is 12. The largest absolute Gasteiger partial charge is 0.477 e. The van der Waals surface area contributed by atoms with E-state index in [1.165, 1.54) is 59.1 Å². The molecule has 16 heteroatoms. The Morgan fingerprint density at radius 1 is 1.25 bits per heavy atom. The molecule has 2 fully saturated rings. The SMILES string of the molecule is Nc1nc(/C(=N/OC2CCCC2)C(=O)NC2C(=O)N3C(C(=O)O)=C(/C=C/Sc4cc(=O)c5ccc(F)cc5s4)CS[C@H]23)cs1. The van der Waals surface area contributed by atoms with Crippen LogP contribution in [0, 0.1) is 5.82 Å². The van der Waals surface area contributed by atoms with Crippen molar-refractivity contribution in [3.8, 4) is 0 Å². The van der Waals surface area contributed by atoms with E-state index >= 15 is 0 Å². The Labute approximate surface area is 266 Å². The van der Waals surface area contributed by atoms with Crippen LogP contribution in [0.25, 0.3) is 10.1 Å². The monoisotopic (exact) mass is 673 g/mol. The van der Waals surface area contributed by atoms with Crippen molar-refractivity contribution in [2.24, 2.45) is 5.16 Å². The summed E-state index contributed by atoms with van der Waals surface area (Å²) >= 11 is 4.87. The van der Waals surface area contributed by atoms with Crippen molar-refractivity contribution in [3.05, 3.63) is 74.1 Å². The van der Waals surface area contributed by atoms with E-state index in [1.54, 1.807) is 16.9 Å². The highest BCUT2D eigenvalue weighted by atomic mass is 32.2. The molecule has 11 nitrogen and oxygen atoms in total. The lowest BCUT2D eigenvalue weighted by molar-refractivity contribution is -0.150. The second kappa shape index (κ2) is 12.7. The number of nitrogens with one attached hydrogen (secondary N) is 1. The highest BCUT2D eigenvalue weighted by molar-refractivity contribution is 8.04. The Morgan fingerprint density at radius 3 is 2.77 bits per heavy atom. The number of oxime groups is 1. The minimum absolute atomic E-state index is 0.106. The van der Waals surface area contributed by atoms with Crippen molar-refractivity contribution in [1.29, 1.82) is 0 Å². The number of nitrogen functional groups attached to an aromatic ring is 1. The number of allylic oxidation sites excluding steroid dienone is 1. The molecule has 1 aliphatic carbocycles. The number of thioether (sulfide) groups is 2. The van der Waals surface area contributed by atoms with Crippen LogP contribution in [0.1, 0.15) is 31.4 Å². The molecule has 1 unspecified atom stereocenters. The summed E-state index contributed by atoms with van der Waals surface area (Å²) in [7, 11) is 0. The molecule has 44 heavy (non-hydrogen) atoms. The lowest BCUT2D eigenvalue weighted by Crippen LogP contribution is -2.71. The molecule has 3 aliphatic rings. The van der Waals surface area contributed by atoms with E-state index in [4.69, 9.17) is 10.6 Å². The van der Waals surface area contributed by atoms with Crippen LogP contribution in [0.3, 0.4) is 0 Å². The number of carboxylic acid groups (broad SMARTS) is 1. The van der Waals surface area contributed by atoms with E-state index in [2.05, 4.69) is 15.5 Å². The topological polar surface area (TPSA) is 164 Å². The number of aliphatic carboxylic acids is 1. The standard InChI is InChI=1S/C28H24FN5O6S4/c29-14-5-6-16-18(35)10-20(44-19(16)9-14)41-8-7-13-11-42-26-22(25(37)34(26)23(13)27(38)39)32-24(36)21(17-12-43-28(30)31-17)33-40-15-3-1-2-4-15/h5-10,12,15,22,26H,1-4,11H2,(H2,30,31)(H,32,36)(H,38,39)/b8-7+,33-21-/t22?,26-/m1/s1. The molecule has 2 atom stereocenters. The van der Waals surface area contributed by atoms with Gasteiger partial charge in [-0.3, -0.25) is 19.3 Å². The van der Waals surface area contributed by atoms with Gasteiger partial charge in [0, 0.05) is 27.3 Å². The molecule has 0 radical (unpaired) electrons. The summed E-state index contributed by atoms with van der Waals surface area (Å²) in [5, 5.41) is 20.0. The first-order valence-electron chi connectivity index (χ1n) is 13.4. The van der Waals surface area contributed by atoms with E-state index in [0.29, 0.717) is 19.9 Å². The second-order valence-corrected chi connectivity index (χ2v) is 14.3. The summed E-state index contributed by atoms with van der Waals surface area (Å²) in [5.41, 5.74) is 5.85. The number of β-lactam (4-membered cyclic amide) rings is 1. The van der Waals surface area contributed by atoms with Crippen LogP contribution in [0.4, 0.5) is 9.52 Å². The average Bonchev–Trinajstić information content (AvgIpc) is 3.67. The van der Waals surface area contributed by atoms with E-state index in [-0.39, 0.29) is 39.5 Å². The Morgan fingerprint density at radius 2 is 2.05 bits per heavy atom. The highest BCUT2D eigenvalue weighted by Crippen LogP contribution is 2.41. The molecular formula is C28H24FN5O6S4. The average molecular weight is 674 g/mol. The van der Waals surface area contributed by atoms with Crippen molar-refractivity contribution in [2.75, 3.05) is 11.5 Å². The van der Waals surface area contributed by atoms with Gasteiger partial charge in [-0.15, -0.1) is 34.4 Å². The number of carbonyl (C=O) groups excluding carboxylic acids is 2. The van der Waals surface area contributed by atoms with Crippen LogP contribution in [0.5, 0.6) is 0 Å². The number of nitrogens with two attached hydrogens (primary N) is 1. The lowest BCUT2D eigenvalue weighted by atomic mass is 10.0. The highest BCUT2D eigenvalue weighted by Gasteiger charge is 2.54. The Bertz CT molecular complexity index is 1810. The first-order chi connectivity index (χ1) is 21.2.